The predicted octanol–water partition coefficient (Wildman–Crippen LogP) is 3.38. The van der Waals surface area contributed by atoms with Gasteiger partial charge in [-0.05, 0) is 37.9 Å². The molecule has 0 spiro atoms. The number of hydrogen-bond acceptors (Lipinski definition) is 3. The Morgan fingerprint density at radius 3 is 2.85 bits per heavy atom. The molecule has 110 valence electrons. The molecule has 0 aromatic heterocycles. The molecule has 1 fully saturated rings. The standard InChI is InChI=1S/C17H25NO2/c1-2-3-7-12-18-13-8-11-16(18)17(19)20-14-15-9-5-4-6-10-15/h4-6,9-10,16H,2-3,7-8,11-14H2,1H3. The molecule has 0 bridgehead atoms. The van der Waals surface area contributed by atoms with Crippen LogP contribution in [0.2, 0.25) is 0 Å². The molecule has 1 aliphatic heterocycles. The van der Waals surface area contributed by atoms with E-state index in [0.29, 0.717) is 6.61 Å². The maximum atomic E-state index is 12.2. The van der Waals surface area contributed by atoms with Crippen molar-refractivity contribution in [1.82, 2.24) is 4.90 Å². The summed E-state index contributed by atoms with van der Waals surface area (Å²) >= 11 is 0. The highest BCUT2D eigenvalue weighted by Gasteiger charge is 2.31. The Morgan fingerprint density at radius 2 is 2.10 bits per heavy atom. The summed E-state index contributed by atoms with van der Waals surface area (Å²) in [6, 6.07) is 9.86. The molecule has 1 aromatic rings. The first-order valence-corrected chi connectivity index (χ1v) is 7.76. The van der Waals surface area contributed by atoms with Crippen LogP contribution in [0.3, 0.4) is 0 Å². The van der Waals surface area contributed by atoms with Crippen LogP contribution in [0.4, 0.5) is 0 Å². The number of ether oxygens (including phenoxy) is 1. The molecular formula is C17H25NO2. The summed E-state index contributed by atoms with van der Waals surface area (Å²) in [4.78, 5) is 14.5. The zero-order valence-electron chi connectivity index (χ0n) is 12.4. The second kappa shape index (κ2) is 8.05. The molecule has 0 N–H and O–H groups in total. The lowest BCUT2D eigenvalue weighted by Gasteiger charge is -2.22. The van der Waals surface area contributed by atoms with Crippen LogP contribution in [0, 0.1) is 0 Å². The van der Waals surface area contributed by atoms with Gasteiger partial charge in [0.2, 0.25) is 0 Å². The van der Waals surface area contributed by atoms with Gasteiger partial charge in [0.25, 0.3) is 0 Å². The fourth-order valence-corrected chi connectivity index (χ4v) is 2.75. The third-order valence-electron chi connectivity index (χ3n) is 3.91. The van der Waals surface area contributed by atoms with Gasteiger partial charge in [-0.15, -0.1) is 0 Å². The van der Waals surface area contributed by atoms with Crippen LogP contribution in [0.25, 0.3) is 0 Å². The number of carbonyl (C=O) groups excluding carboxylic acids is 1. The zero-order valence-corrected chi connectivity index (χ0v) is 12.4. The van der Waals surface area contributed by atoms with Crippen molar-refractivity contribution in [2.45, 2.75) is 51.7 Å². The Labute approximate surface area is 121 Å². The number of esters is 1. The van der Waals surface area contributed by atoms with E-state index in [1.165, 1.54) is 19.3 Å². The number of nitrogens with zero attached hydrogens (tertiary/aromatic N) is 1. The first kappa shape index (κ1) is 15.0. The number of hydrogen-bond donors (Lipinski definition) is 0. The normalized spacial score (nSPS) is 19.1. The van der Waals surface area contributed by atoms with Gasteiger partial charge < -0.3 is 4.74 Å². The molecule has 2 rings (SSSR count). The second-order valence-corrected chi connectivity index (χ2v) is 5.49. The van der Waals surface area contributed by atoms with E-state index in [-0.39, 0.29) is 12.0 Å². The van der Waals surface area contributed by atoms with Crippen LogP contribution in [-0.4, -0.2) is 30.0 Å². The number of benzene rings is 1. The molecule has 3 nitrogen and oxygen atoms in total. The van der Waals surface area contributed by atoms with Gasteiger partial charge in [0, 0.05) is 0 Å². The van der Waals surface area contributed by atoms with Crippen LogP contribution < -0.4 is 0 Å². The molecule has 1 atom stereocenters. The van der Waals surface area contributed by atoms with Crippen molar-refractivity contribution in [3.05, 3.63) is 35.9 Å². The van der Waals surface area contributed by atoms with Crippen LogP contribution in [0.15, 0.2) is 30.3 Å². The molecule has 0 saturated carbocycles. The van der Waals surface area contributed by atoms with E-state index in [0.717, 1.165) is 31.5 Å². The minimum Gasteiger partial charge on any atom is -0.460 e. The lowest BCUT2D eigenvalue weighted by molar-refractivity contribution is -0.150. The molecular weight excluding hydrogens is 250 g/mol. The van der Waals surface area contributed by atoms with Crippen LogP contribution in [-0.2, 0) is 16.1 Å². The van der Waals surface area contributed by atoms with Crippen molar-refractivity contribution >= 4 is 5.97 Å². The summed E-state index contributed by atoms with van der Waals surface area (Å²) in [5.74, 6) is -0.0529. The minimum absolute atomic E-state index is 0.0180. The Hall–Kier alpha value is -1.35. The highest BCUT2D eigenvalue weighted by Crippen LogP contribution is 2.19. The van der Waals surface area contributed by atoms with E-state index in [1.807, 2.05) is 30.3 Å². The number of likely N-dealkylation sites (tertiary alicyclic amines) is 1. The Balaban J connectivity index is 1.78. The van der Waals surface area contributed by atoms with Gasteiger partial charge in [0.05, 0.1) is 0 Å². The van der Waals surface area contributed by atoms with E-state index in [9.17, 15) is 4.79 Å². The Bertz CT molecular complexity index is 405. The summed E-state index contributed by atoms with van der Waals surface area (Å²) in [7, 11) is 0. The lowest BCUT2D eigenvalue weighted by atomic mass is 10.2. The van der Waals surface area contributed by atoms with E-state index in [2.05, 4.69) is 11.8 Å². The number of rotatable bonds is 7. The van der Waals surface area contributed by atoms with Gasteiger partial charge >= 0.3 is 5.97 Å². The third-order valence-corrected chi connectivity index (χ3v) is 3.91. The van der Waals surface area contributed by atoms with Gasteiger partial charge in [-0.1, -0.05) is 50.1 Å². The molecule has 3 heteroatoms. The smallest absolute Gasteiger partial charge is 0.323 e. The third kappa shape index (κ3) is 4.34. The highest BCUT2D eigenvalue weighted by molar-refractivity contribution is 5.76. The predicted molar refractivity (Wildman–Crippen MR) is 80.4 cm³/mol. The van der Waals surface area contributed by atoms with Gasteiger partial charge in [0.15, 0.2) is 0 Å². The summed E-state index contributed by atoms with van der Waals surface area (Å²) < 4.78 is 5.47. The Morgan fingerprint density at radius 1 is 1.30 bits per heavy atom. The highest BCUT2D eigenvalue weighted by atomic mass is 16.5. The average Bonchev–Trinajstić information content (AvgIpc) is 2.95. The molecule has 0 aliphatic carbocycles. The van der Waals surface area contributed by atoms with Gasteiger partial charge in [-0.25, -0.2) is 0 Å². The molecule has 0 amide bonds. The van der Waals surface area contributed by atoms with Crippen molar-refractivity contribution in [1.29, 1.82) is 0 Å². The van der Waals surface area contributed by atoms with Crippen LogP contribution >= 0.6 is 0 Å². The molecule has 0 radical (unpaired) electrons. The second-order valence-electron chi connectivity index (χ2n) is 5.49. The van der Waals surface area contributed by atoms with Crippen LogP contribution in [0.5, 0.6) is 0 Å². The maximum Gasteiger partial charge on any atom is 0.323 e. The van der Waals surface area contributed by atoms with Crippen molar-refractivity contribution in [3.8, 4) is 0 Å². The zero-order chi connectivity index (χ0) is 14.2. The summed E-state index contributed by atoms with van der Waals surface area (Å²) in [6.45, 7) is 4.66. The Kier molecular flexibility index (Phi) is 6.06. The van der Waals surface area contributed by atoms with Crippen LogP contribution in [0.1, 0.15) is 44.6 Å². The summed E-state index contributed by atoms with van der Waals surface area (Å²) in [5, 5.41) is 0. The van der Waals surface area contributed by atoms with Gasteiger partial charge in [-0.3, -0.25) is 9.69 Å². The topological polar surface area (TPSA) is 29.5 Å². The van der Waals surface area contributed by atoms with E-state index < -0.39 is 0 Å². The SMILES string of the molecule is CCCCCN1CCCC1C(=O)OCc1ccccc1. The van der Waals surface area contributed by atoms with E-state index in [1.54, 1.807) is 0 Å². The van der Waals surface area contributed by atoms with Gasteiger partial charge in [0.1, 0.15) is 12.6 Å². The quantitative estimate of drug-likeness (QED) is 0.564. The van der Waals surface area contributed by atoms with Crippen molar-refractivity contribution in [2.24, 2.45) is 0 Å². The average molecular weight is 275 g/mol. The van der Waals surface area contributed by atoms with Crippen molar-refractivity contribution < 1.29 is 9.53 Å². The number of unbranched alkanes of at least 4 members (excludes halogenated alkanes) is 2. The number of carbonyl (C=O) groups is 1. The maximum absolute atomic E-state index is 12.2. The van der Waals surface area contributed by atoms with E-state index >= 15 is 0 Å². The molecule has 1 saturated heterocycles. The fourth-order valence-electron chi connectivity index (χ4n) is 2.75. The first-order valence-electron chi connectivity index (χ1n) is 7.76. The van der Waals surface area contributed by atoms with Gasteiger partial charge in [-0.2, -0.15) is 0 Å². The van der Waals surface area contributed by atoms with E-state index in [4.69, 9.17) is 4.74 Å². The van der Waals surface area contributed by atoms with Crippen molar-refractivity contribution in [3.63, 3.8) is 0 Å². The molecule has 1 unspecified atom stereocenters. The summed E-state index contributed by atoms with van der Waals surface area (Å²) in [5.41, 5.74) is 1.05. The lowest BCUT2D eigenvalue weighted by Crippen LogP contribution is -2.37. The first-order chi connectivity index (χ1) is 9.81. The van der Waals surface area contributed by atoms with Crippen molar-refractivity contribution in [2.75, 3.05) is 13.1 Å². The molecule has 1 heterocycles. The largest absolute Gasteiger partial charge is 0.460 e. The molecule has 1 aromatic carbocycles. The monoisotopic (exact) mass is 275 g/mol. The molecule has 1 aliphatic rings. The molecule has 20 heavy (non-hydrogen) atoms. The minimum atomic E-state index is -0.0529. The fraction of sp³-hybridized carbons (Fsp3) is 0.588. The summed E-state index contributed by atoms with van der Waals surface area (Å²) in [6.07, 6.45) is 5.69.